The van der Waals surface area contributed by atoms with E-state index in [1.54, 1.807) is 0 Å². The number of methoxy groups -OCH3 is 1. The van der Waals surface area contributed by atoms with Gasteiger partial charge in [0.05, 0.1) is 7.11 Å². The Hall–Kier alpha value is -1.99. The van der Waals surface area contributed by atoms with Crippen molar-refractivity contribution in [2.24, 2.45) is 0 Å². The van der Waals surface area contributed by atoms with E-state index in [9.17, 15) is 22.8 Å². The van der Waals surface area contributed by atoms with Crippen LogP contribution in [-0.4, -0.2) is 24.2 Å². The topological polar surface area (TPSA) is 76.7 Å². The third kappa shape index (κ3) is 2.00. The summed E-state index contributed by atoms with van der Waals surface area (Å²) in [4.78, 5) is 21.6. The van der Waals surface area contributed by atoms with Crippen molar-refractivity contribution in [3.63, 3.8) is 0 Å². The van der Waals surface area contributed by atoms with E-state index in [2.05, 4.69) is 9.15 Å². The highest BCUT2D eigenvalue weighted by Gasteiger charge is 2.42. The molecule has 0 saturated heterocycles. The molecule has 0 unspecified atom stereocenters. The van der Waals surface area contributed by atoms with Crippen LogP contribution in [0.1, 0.15) is 26.5 Å². The molecule has 16 heavy (non-hydrogen) atoms. The molecule has 0 aromatic carbocycles. The number of carboxylic acid groups (broad SMARTS) is 1. The molecule has 0 radical (unpaired) electrons. The highest BCUT2D eigenvalue weighted by molar-refractivity contribution is 6.03. The number of furan rings is 1. The number of halogens is 3. The van der Waals surface area contributed by atoms with Crippen LogP contribution in [0, 0.1) is 0 Å². The van der Waals surface area contributed by atoms with Crippen molar-refractivity contribution in [3.05, 3.63) is 23.2 Å². The highest BCUT2D eigenvalue weighted by Crippen LogP contribution is 2.35. The van der Waals surface area contributed by atoms with Gasteiger partial charge in [-0.3, -0.25) is 0 Å². The van der Waals surface area contributed by atoms with Gasteiger partial charge in [-0.1, -0.05) is 0 Å². The molecule has 0 aliphatic carbocycles. The van der Waals surface area contributed by atoms with Crippen LogP contribution in [0.5, 0.6) is 0 Å². The SMILES string of the molecule is COC(=O)c1c(C(=O)O)coc1C(F)(F)F. The van der Waals surface area contributed by atoms with Gasteiger partial charge < -0.3 is 14.3 Å². The molecule has 0 saturated carbocycles. The zero-order valence-electron chi connectivity index (χ0n) is 7.79. The van der Waals surface area contributed by atoms with Gasteiger partial charge in [-0.05, 0) is 0 Å². The van der Waals surface area contributed by atoms with E-state index in [0.717, 1.165) is 7.11 Å². The molecule has 1 heterocycles. The van der Waals surface area contributed by atoms with Gasteiger partial charge in [0.2, 0.25) is 5.76 Å². The number of esters is 1. The first-order valence-corrected chi connectivity index (χ1v) is 3.79. The Morgan fingerprint density at radius 1 is 1.44 bits per heavy atom. The number of ether oxygens (including phenoxy) is 1. The van der Waals surface area contributed by atoms with E-state index >= 15 is 0 Å². The van der Waals surface area contributed by atoms with Crippen molar-refractivity contribution in [2.45, 2.75) is 6.18 Å². The Morgan fingerprint density at radius 2 is 2.00 bits per heavy atom. The number of aromatic carboxylic acids is 1. The summed E-state index contributed by atoms with van der Waals surface area (Å²) in [6.07, 6.45) is -4.62. The van der Waals surface area contributed by atoms with Gasteiger partial charge in [0.15, 0.2) is 0 Å². The molecular formula is C8H5F3O5. The molecule has 8 heteroatoms. The lowest BCUT2D eigenvalue weighted by Gasteiger charge is -2.05. The van der Waals surface area contributed by atoms with Crippen molar-refractivity contribution >= 4 is 11.9 Å². The van der Waals surface area contributed by atoms with Crippen molar-refractivity contribution in [1.82, 2.24) is 0 Å². The maximum Gasteiger partial charge on any atom is 0.450 e. The van der Waals surface area contributed by atoms with E-state index in [-0.39, 0.29) is 0 Å². The summed E-state index contributed by atoms with van der Waals surface area (Å²) in [5, 5.41) is 8.55. The zero-order chi connectivity index (χ0) is 12.5. The van der Waals surface area contributed by atoms with Crippen LogP contribution in [0.3, 0.4) is 0 Å². The first-order valence-electron chi connectivity index (χ1n) is 3.79. The summed E-state index contributed by atoms with van der Waals surface area (Å²) in [5.74, 6) is -4.81. The lowest BCUT2D eigenvalue weighted by atomic mass is 10.1. The van der Waals surface area contributed by atoms with Crippen LogP contribution >= 0.6 is 0 Å². The van der Waals surface area contributed by atoms with E-state index in [1.165, 1.54) is 0 Å². The molecule has 0 fully saturated rings. The van der Waals surface area contributed by atoms with Gasteiger partial charge in [-0.25, -0.2) is 9.59 Å². The monoisotopic (exact) mass is 238 g/mol. The lowest BCUT2D eigenvalue weighted by Crippen LogP contribution is -2.15. The second-order valence-corrected chi connectivity index (χ2v) is 2.65. The van der Waals surface area contributed by atoms with Crippen molar-refractivity contribution in [3.8, 4) is 0 Å². The van der Waals surface area contributed by atoms with Gasteiger partial charge >= 0.3 is 18.1 Å². The molecule has 1 N–H and O–H groups in total. The minimum Gasteiger partial charge on any atom is -0.478 e. The summed E-state index contributed by atoms with van der Waals surface area (Å²) >= 11 is 0. The number of carbonyl (C=O) groups is 2. The average molecular weight is 238 g/mol. The first-order chi connectivity index (χ1) is 7.29. The number of alkyl halides is 3. The fourth-order valence-electron chi connectivity index (χ4n) is 1.03. The number of carbonyl (C=O) groups excluding carboxylic acids is 1. The molecule has 0 spiro atoms. The predicted octanol–water partition coefficient (Wildman–Crippen LogP) is 1.78. The summed E-state index contributed by atoms with van der Waals surface area (Å²) in [6.45, 7) is 0. The van der Waals surface area contributed by atoms with E-state index in [1.807, 2.05) is 0 Å². The number of hydrogen-bond acceptors (Lipinski definition) is 4. The molecule has 0 aliphatic rings. The van der Waals surface area contributed by atoms with E-state index in [0.29, 0.717) is 6.26 Å². The lowest BCUT2D eigenvalue weighted by molar-refractivity contribution is -0.153. The Morgan fingerprint density at radius 3 is 2.38 bits per heavy atom. The first kappa shape index (κ1) is 12.1. The quantitative estimate of drug-likeness (QED) is 0.794. The minimum atomic E-state index is -4.96. The highest BCUT2D eigenvalue weighted by atomic mass is 19.4. The van der Waals surface area contributed by atoms with Gasteiger partial charge in [-0.15, -0.1) is 0 Å². The van der Waals surface area contributed by atoms with E-state index in [4.69, 9.17) is 5.11 Å². The Kier molecular flexibility index (Phi) is 2.92. The predicted molar refractivity (Wildman–Crippen MR) is 42.0 cm³/mol. The average Bonchev–Trinajstić information content (AvgIpc) is 2.59. The van der Waals surface area contributed by atoms with Crippen molar-refractivity contribution in [1.29, 1.82) is 0 Å². The molecule has 0 atom stereocenters. The number of rotatable bonds is 2. The maximum atomic E-state index is 12.3. The number of carboxylic acids is 1. The largest absolute Gasteiger partial charge is 0.478 e. The molecule has 1 aromatic rings. The van der Waals surface area contributed by atoms with Crippen LogP contribution < -0.4 is 0 Å². The van der Waals surface area contributed by atoms with Crippen molar-refractivity contribution in [2.75, 3.05) is 7.11 Å². The molecule has 0 amide bonds. The minimum absolute atomic E-state index is 0.345. The molecule has 0 aliphatic heterocycles. The summed E-state index contributed by atoms with van der Waals surface area (Å²) < 4.78 is 45.1. The molecule has 5 nitrogen and oxygen atoms in total. The van der Waals surface area contributed by atoms with Gasteiger partial charge in [0.25, 0.3) is 0 Å². The normalized spacial score (nSPS) is 11.2. The van der Waals surface area contributed by atoms with Crippen LogP contribution in [0.2, 0.25) is 0 Å². The fourth-order valence-corrected chi connectivity index (χ4v) is 1.03. The second-order valence-electron chi connectivity index (χ2n) is 2.65. The summed E-state index contributed by atoms with van der Waals surface area (Å²) in [5.41, 5.74) is -2.03. The van der Waals surface area contributed by atoms with Gasteiger partial charge in [0.1, 0.15) is 17.4 Å². The Bertz CT molecular complexity index is 431. The summed E-state index contributed by atoms with van der Waals surface area (Å²) in [6, 6.07) is 0. The Labute approximate surface area is 86.4 Å². The van der Waals surface area contributed by atoms with Gasteiger partial charge in [-0.2, -0.15) is 13.2 Å². The third-order valence-electron chi connectivity index (χ3n) is 1.67. The van der Waals surface area contributed by atoms with Crippen LogP contribution in [-0.2, 0) is 10.9 Å². The van der Waals surface area contributed by atoms with Crippen LogP contribution in [0.15, 0.2) is 10.7 Å². The number of hydrogen-bond donors (Lipinski definition) is 1. The van der Waals surface area contributed by atoms with Crippen molar-refractivity contribution < 1.29 is 37.0 Å². The molecule has 88 valence electrons. The molecule has 1 aromatic heterocycles. The molecule has 1 rings (SSSR count). The molecule has 0 bridgehead atoms. The Balaban J connectivity index is 3.43. The van der Waals surface area contributed by atoms with Gasteiger partial charge in [0, 0.05) is 0 Å². The fraction of sp³-hybridized carbons (Fsp3) is 0.250. The second kappa shape index (κ2) is 3.87. The third-order valence-corrected chi connectivity index (χ3v) is 1.67. The maximum absolute atomic E-state index is 12.3. The summed E-state index contributed by atoms with van der Waals surface area (Å²) in [7, 11) is 0.834. The smallest absolute Gasteiger partial charge is 0.450 e. The standard InChI is InChI=1S/C8H5F3O5/c1-15-7(14)4-3(6(12)13)2-16-5(4)8(9,10)11/h2H,1H3,(H,12,13). The zero-order valence-corrected chi connectivity index (χ0v) is 7.79. The van der Waals surface area contributed by atoms with E-state index < -0.39 is 35.0 Å². The van der Waals surface area contributed by atoms with Crippen LogP contribution in [0.4, 0.5) is 13.2 Å². The van der Waals surface area contributed by atoms with Crippen LogP contribution in [0.25, 0.3) is 0 Å². The molecular weight excluding hydrogens is 233 g/mol.